The Morgan fingerprint density at radius 2 is 2.18 bits per heavy atom. The number of aromatic nitrogens is 1. The highest BCUT2D eigenvalue weighted by Gasteiger charge is 2.19. The molecule has 1 aromatic carbocycles. The molecule has 1 N–H and O–H groups in total. The molecule has 0 fully saturated rings. The van der Waals surface area contributed by atoms with Crippen LogP contribution >= 0.6 is 0 Å². The van der Waals surface area contributed by atoms with E-state index in [0.717, 1.165) is 0 Å². The van der Waals surface area contributed by atoms with E-state index in [-0.39, 0.29) is 18.1 Å². The maximum atomic E-state index is 13.0. The highest BCUT2D eigenvalue weighted by Crippen LogP contribution is 2.23. The lowest BCUT2D eigenvalue weighted by Gasteiger charge is -2.17. The molecule has 0 atom stereocenters. The number of nitrogens with one attached hydrogen (secondary N) is 1. The second-order valence-electron chi connectivity index (χ2n) is 4.52. The van der Waals surface area contributed by atoms with Crippen molar-refractivity contribution < 1.29 is 14.1 Å². The number of pyridine rings is 1. The summed E-state index contributed by atoms with van der Waals surface area (Å²) in [5.74, 6) is -0.818. The summed E-state index contributed by atoms with van der Waals surface area (Å²) in [6.45, 7) is -0.158. The lowest BCUT2D eigenvalue weighted by molar-refractivity contribution is -0.384. The number of hydrogen-bond donors (Lipinski definition) is 1. The van der Waals surface area contributed by atoms with E-state index in [9.17, 15) is 19.3 Å². The van der Waals surface area contributed by atoms with Crippen LogP contribution in [0.1, 0.15) is 0 Å². The van der Waals surface area contributed by atoms with Crippen LogP contribution in [-0.4, -0.2) is 29.4 Å². The van der Waals surface area contributed by atoms with E-state index in [1.54, 1.807) is 6.07 Å². The Balaban J connectivity index is 2.07. The van der Waals surface area contributed by atoms with Crippen LogP contribution in [0.4, 0.5) is 21.6 Å². The number of nitro groups is 1. The first-order valence-corrected chi connectivity index (χ1v) is 6.33. The summed E-state index contributed by atoms with van der Waals surface area (Å²) < 4.78 is 13.0. The lowest BCUT2D eigenvalue weighted by Crippen LogP contribution is -2.31. The molecule has 114 valence electrons. The fraction of sp³-hybridized carbons (Fsp3) is 0.143. The number of carbonyl (C=O) groups excluding carboxylic acids is 1. The van der Waals surface area contributed by atoms with Crippen LogP contribution in [0.3, 0.4) is 0 Å². The first-order chi connectivity index (χ1) is 10.5. The van der Waals surface area contributed by atoms with Crippen molar-refractivity contribution in [1.82, 2.24) is 4.98 Å². The van der Waals surface area contributed by atoms with Gasteiger partial charge in [-0.05, 0) is 24.3 Å². The molecular formula is C14H13FN4O3. The zero-order valence-corrected chi connectivity index (χ0v) is 11.7. The molecule has 1 amide bonds. The fourth-order valence-corrected chi connectivity index (χ4v) is 1.88. The maximum absolute atomic E-state index is 13.0. The van der Waals surface area contributed by atoms with Crippen LogP contribution in [0.2, 0.25) is 0 Å². The van der Waals surface area contributed by atoms with Gasteiger partial charge in [0.15, 0.2) is 0 Å². The Labute approximate surface area is 125 Å². The fourth-order valence-electron chi connectivity index (χ4n) is 1.88. The van der Waals surface area contributed by atoms with Crippen molar-refractivity contribution in [3.05, 3.63) is 58.5 Å². The average molecular weight is 304 g/mol. The van der Waals surface area contributed by atoms with Gasteiger partial charge in [0, 0.05) is 25.0 Å². The predicted molar refractivity (Wildman–Crippen MR) is 79.2 cm³/mol. The molecule has 0 unspecified atom stereocenters. The number of hydrogen-bond acceptors (Lipinski definition) is 5. The van der Waals surface area contributed by atoms with Gasteiger partial charge < -0.3 is 10.2 Å². The highest BCUT2D eigenvalue weighted by atomic mass is 19.1. The molecule has 1 aromatic heterocycles. The van der Waals surface area contributed by atoms with Gasteiger partial charge in [0.1, 0.15) is 5.82 Å². The van der Waals surface area contributed by atoms with Crippen molar-refractivity contribution in [2.24, 2.45) is 0 Å². The van der Waals surface area contributed by atoms with Crippen molar-refractivity contribution in [3.63, 3.8) is 0 Å². The van der Waals surface area contributed by atoms with Crippen molar-refractivity contribution in [2.45, 2.75) is 0 Å². The van der Waals surface area contributed by atoms with E-state index in [1.165, 1.54) is 48.5 Å². The van der Waals surface area contributed by atoms with Gasteiger partial charge >= 0.3 is 5.69 Å². The summed E-state index contributed by atoms with van der Waals surface area (Å²) in [6.07, 6.45) is 1.41. The van der Waals surface area contributed by atoms with E-state index in [1.807, 2.05) is 0 Å². The van der Waals surface area contributed by atoms with Gasteiger partial charge in [-0.3, -0.25) is 14.9 Å². The van der Waals surface area contributed by atoms with Crippen molar-refractivity contribution in [1.29, 1.82) is 0 Å². The van der Waals surface area contributed by atoms with Crippen molar-refractivity contribution in [2.75, 3.05) is 23.8 Å². The predicted octanol–water partition coefficient (Wildman–Crippen LogP) is 2.20. The van der Waals surface area contributed by atoms with Crippen molar-refractivity contribution >= 4 is 23.1 Å². The number of anilines is 2. The molecule has 0 bridgehead atoms. The minimum Gasteiger partial charge on any atom is -0.345 e. The second kappa shape index (κ2) is 6.61. The first-order valence-electron chi connectivity index (χ1n) is 6.33. The minimum atomic E-state index is -0.566. The molecule has 0 spiro atoms. The SMILES string of the molecule is CN(CC(=O)Nc1cccc(F)c1)c1ncccc1[N+](=O)[O-]. The van der Waals surface area contributed by atoms with E-state index in [0.29, 0.717) is 5.69 Å². The topological polar surface area (TPSA) is 88.4 Å². The lowest BCUT2D eigenvalue weighted by atomic mass is 10.3. The summed E-state index contributed by atoms with van der Waals surface area (Å²) in [6, 6.07) is 8.22. The van der Waals surface area contributed by atoms with E-state index in [4.69, 9.17) is 0 Å². The van der Waals surface area contributed by atoms with Gasteiger partial charge in [-0.15, -0.1) is 0 Å². The van der Waals surface area contributed by atoms with Gasteiger partial charge in [-0.25, -0.2) is 9.37 Å². The number of halogens is 1. The molecule has 0 saturated carbocycles. The molecule has 0 radical (unpaired) electrons. The average Bonchev–Trinajstić information content (AvgIpc) is 2.47. The van der Waals surface area contributed by atoms with Gasteiger partial charge in [-0.1, -0.05) is 6.07 Å². The monoisotopic (exact) mass is 304 g/mol. The largest absolute Gasteiger partial charge is 0.345 e. The van der Waals surface area contributed by atoms with Crippen LogP contribution in [0.15, 0.2) is 42.6 Å². The number of amides is 1. The van der Waals surface area contributed by atoms with Gasteiger partial charge in [0.05, 0.1) is 11.5 Å². The van der Waals surface area contributed by atoms with Crippen LogP contribution in [-0.2, 0) is 4.79 Å². The third-order valence-electron chi connectivity index (χ3n) is 2.81. The summed E-state index contributed by atoms with van der Waals surface area (Å²) in [4.78, 5) is 27.6. The molecule has 2 aromatic rings. The molecule has 22 heavy (non-hydrogen) atoms. The van der Waals surface area contributed by atoms with Gasteiger partial charge in [0.2, 0.25) is 11.7 Å². The molecule has 0 aliphatic carbocycles. The van der Waals surface area contributed by atoms with Crippen LogP contribution in [0.25, 0.3) is 0 Å². The quantitative estimate of drug-likeness (QED) is 0.675. The molecule has 8 heteroatoms. The zero-order chi connectivity index (χ0) is 16.1. The highest BCUT2D eigenvalue weighted by molar-refractivity contribution is 5.94. The van der Waals surface area contributed by atoms with Gasteiger partial charge in [0.25, 0.3) is 0 Å². The van der Waals surface area contributed by atoms with Gasteiger partial charge in [-0.2, -0.15) is 0 Å². The Morgan fingerprint density at radius 1 is 1.41 bits per heavy atom. The van der Waals surface area contributed by atoms with E-state index in [2.05, 4.69) is 10.3 Å². The smallest absolute Gasteiger partial charge is 0.311 e. The Morgan fingerprint density at radius 3 is 2.86 bits per heavy atom. The molecular weight excluding hydrogens is 291 g/mol. The minimum absolute atomic E-state index is 0.0851. The Kier molecular flexibility index (Phi) is 4.62. The standard InChI is InChI=1S/C14H13FN4O3/c1-18(14-12(19(21)22)6-3-7-16-14)9-13(20)17-11-5-2-4-10(15)8-11/h2-8H,9H2,1H3,(H,17,20). The molecule has 0 aliphatic heterocycles. The Hall–Kier alpha value is -3.03. The number of nitrogens with zero attached hydrogens (tertiary/aromatic N) is 3. The van der Waals surface area contributed by atoms with Crippen molar-refractivity contribution in [3.8, 4) is 0 Å². The third-order valence-corrected chi connectivity index (χ3v) is 2.81. The summed E-state index contributed by atoms with van der Waals surface area (Å²) in [5, 5.41) is 13.5. The molecule has 0 saturated heterocycles. The zero-order valence-electron chi connectivity index (χ0n) is 11.7. The van der Waals surface area contributed by atoms with E-state index >= 15 is 0 Å². The number of rotatable bonds is 5. The first kappa shape index (κ1) is 15.4. The summed E-state index contributed by atoms with van der Waals surface area (Å²) in [7, 11) is 1.51. The number of likely N-dealkylation sites (N-methyl/N-ethyl adjacent to an activating group) is 1. The second-order valence-corrected chi connectivity index (χ2v) is 4.52. The molecule has 7 nitrogen and oxygen atoms in total. The van der Waals surface area contributed by atoms with Crippen LogP contribution in [0, 0.1) is 15.9 Å². The molecule has 0 aliphatic rings. The maximum Gasteiger partial charge on any atom is 0.311 e. The van der Waals surface area contributed by atoms with E-state index < -0.39 is 16.6 Å². The summed E-state index contributed by atoms with van der Waals surface area (Å²) >= 11 is 0. The third kappa shape index (κ3) is 3.75. The number of benzene rings is 1. The molecule has 2 rings (SSSR count). The Bertz CT molecular complexity index is 708. The normalized spacial score (nSPS) is 10.1. The van der Waals surface area contributed by atoms with Crippen LogP contribution in [0.5, 0.6) is 0 Å². The number of carbonyl (C=O) groups is 1. The summed E-state index contributed by atoms with van der Waals surface area (Å²) in [5.41, 5.74) is 0.123. The molecule has 1 heterocycles. The van der Waals surface area contributed by atoms with Crippen LogP contribution < -0.4 is 10.2 Å².